The molecular formula is C24H32N4O2. The normalized spacial score (nSPS) is 16.3. The number of nitrogens with zero attached hydrogens (tertiary/aromatic N) is 2. The van der Waals surface area contributed by atoms with Crippen LogP contribution in [0.3, 0.4) is 0 Å². The van der Waals surface area contributed by atoms with E-state index in [1.165, 1.54) is 0 Å². The standard InChI is InChI=1S/C24H32N4O2/c1-17(2)22(27-23(29)21-10-5-4-8-18(21)3)24(30)26-19-11-14-28(15-12-19)16-20-9-6-7-13-25-20/h4-10,13,17,19,22H,11-12,14-16H2,1-3H3,(H,26,30)(H,27,29). The van der Waals surface area contributed by atoms with Crippen LogP contribution in [0, 0.1) is 12.8 Å². The van der Waals surface area contributed by atoms with E-state index in [2.05, 4.69) is 20.5 Å². The quantitative estimate of drug-likeness (QED) is 0.739. The Morgan fingerprint density at radius 1 is 1.10 bits per heavy atom. The first-order chi connectivity index (χ1) is 14.4. The molecule has 1 aromatic carbocycles. The van der Waals surface area contributed by atoms with E-state index in [0.29, 0.717) is 5.56 Å². The fourth-order valence-electron chi connectivity index (χ4n) is 3.83. The number of nitrogens with one attached hydrogen (secondary N) is 2. The summed E-state index contributed by atoms with van der Waals surface area (Å²) < 4.78 is 0. The van der Waals surface area contributed by atoms with Crippen molar-refractivity contribution in [2.45, 2.75) is 52.2 Å². The first kappa shape index (κ1) is 22.0. The number of hydrogen-bond acceptors (Lipinski definition) is 4. The van der Waals surface area contributed by atoms with E-state index in [0.717, 1.165) is 43.7 Å². The molecule has 6 heteroatoms. The second-order valence-electron chi connectivity index (χ2n) is 8.39. The zero-order chi connectivity index (χ0) is 21.5. The van der Waals surface area contributed by atoms with Gasteiger partial charge in [0, 0.05) is 37.4 Å². The van der Waals surface area contributed by atoms with E-state index in [-0.39, 0.29) is 23.8 Å². The second-order valence-corrected chi connectivity index (χ2v) is 8.39. The van der Waals surface area contributed by atoms with Crippen molar-refractivity contribution in [2.75, 3.05) is 13.1 Å². The largest absolute Gasteiger partial charge is 0.351 e. The lowest BCUT2D eigenvalue weighted by molar-refractivity contribution is -0.125. The van der Waals surface area contributed by atoms with Crippen LogP contribution in [0.25, 0.3) is 0 Å². The van der Waals surface area contributed by atoms with Crippen molar-refractivity contribution in [1.82, 2.24) is 20.5 Å². The van der Waals surface area contributed by atoms with Crippen LogP contribution in [-0.4, -0.2) is 46.9 Å². The highest BCUT2D eigenvalue weighted by Gasteiger charge is 2.28. The summed E-state index contributed by atoms with van der Waals surface area (Å²) in [4.78, 5) is 32.4. The Hall–Kier alpha value is -2.73. The molecule has 30 heavy (non-hydrogen) atoms. The average Bonchev–Trinajstić information content (AvgIpc) is 2.74. The van der Waals surface area contributed by atoms with Gasteiger partial charge in [-0.1, -0.05) is 38.1 Å². The molecule has 2 aromatic rings. The van der Waals surface area contributed by atoms with Gasteiger partial charge in [-0.3, -0.25) is 19.5 Å². The van der Waals surface area contributed by atoms with Gasteiger partial charge in [-0.25, -0.2) is 0 Å². The highest BCUT2D eigenvalue weighted by molar-refractivity contribution is 5.98. The number of rotatable bonds is 7. The first-order valence-corrected chi connectivity index (χ1v) is 10.7. The van der Waals surface area contributed by atoms with Crippen LogP contribution in [0.15, 0.2) is 48.7 Å². The minimum atomic E-state index is -0.552. The molecule has 1 saturated heterocycles. The van der Waals surface area contributed by atoms with Crippen molar-refractivity contribution in [1.29, 1.82) is 0 Å². The minimum Gasteiger partial charge on any atom is -0.351 e. The molecular weight excluding hydrogens is 376 g/mol. The third-order valence-corrected chi connectivity index (χ3v) is 5.67. The lowest BCUT2D eigenvalue weighted by atomic mass is 9.99. The monoisotopic (exact) mass is 408 g/mol. The summed E-state index contributed by atoms with van der Waals surface area (Å²) in [6, 6.07) is 13.0. The zero-order valence-corrected chi connectivity index (χ0v) is 18.1. The number of pyridine rings is 1. The number of aryl methyl sites for hydroxylation is 1. The number of aromatic nitrogens is 1. The predicted octanol–water partition coefficient (Wildman–Crippen LogP) is 2.93. The Bertz CT molecular complexity index is 845. The van der Waals surface area contributed by atoms with Gasteiger partial charge < -0.3 is 10.6 Å². The molecule has 1 fully saturated rings. The summed E-state index contributed by atoms with van der Waals surface area (Å²) in [7, 11) is 0. The van der Waals surface area contributed by atoms with Gasteiger partial charge in [0.05, 0.1) is 5.69 Å². The molecule has 3 rings (SSSR count). The summed E-state index contributed by atoms with van der Waals surface area (Å²) in [6.45, 7) is 8.49. The fourth-order valence-corrected chi connectivity index (χ4v) is 3.83. The Balaban J connectivity index is 1.52. The molecule has 2 heterocycles. The van der Waals surface area contributed by atoms with Crippen LogP contribution >= 0.6 is 0 Å². The van der Waals surface area contributed by atoms with Crippen LogP contribution in [0.5, 0.6) is 0 Å². The van der Waals surface area contributed by atoms with E-state index >= 15 is 0 Å². The molecule has 0 bridgehead atoms. The molecule has 0 aliphatic carbocycles. The number of piperidine rings is 1. The van der Waals surface area contributed by atoms with Crippen molar-refractivity contribution in [3.63, 3.8) is 0 Å². The van der Waals surface area contributed by atoms with Crippen LogP contribution in [0.1, 0.15) is 48.3 Å². The lowest BCUT2D eigenvalue weighted by Gasteiger charge is -2.33. The number of carbonyl (C=O) groups is 2. The maximum Gasteiger partial charge on any atom is 0.252 e. The highest BCUT2D eigenvalue weighted by atomic mass is 16.2. The summed E-state index contributed by atoms with van der Waals surface area (Å²) in [5.41, 5.74) is 2.58. The van der Waals surface area contributed by atoms with E-state index in [1.54, 1.807) is 6.07 Å². The summed E-state index contributed by atoms with van der Waals surface area (Å²) in [6.07, 6.45) is 3.61. The van der Waals surface area contributed by atoms with Gasteiger partial charge in [-0.15, -0.1) is 0 Å². The van der Waals surface area contributed by atoms with Crippen molar-refractivity contribution in [2.24, 2.45) is 5.92 Å². The van der Waals surface area contributed by atoms with Crippen LogP contribution < -0.4 is 10.6 Å². The van der Waals surface area contributed by atoms with Crippen molar-refractivity contribution < 1.29 is 9.59 Å². The molecule has 2 amide bonds. The maximum absolute atomic E-state index is 12.9. The first-order valence-electron chi connectivity index (χ1n) is 10.7. The molecule has 160 valence electrons. The van der Waals surface area contributed by atoms with Gasteiger partial charge >= 0.3 is 0 Å². The number of benzene rings is 1. The molecule has 0 spiro atoms. The highest BCUT2D eigenvalue weighted by Crippen LogP contribution is 2.14. The van der Waals surface area contributed by atoms with Gasteiger partial charge in [0.25, 0.3) is 5.91 Å². The fraction of sp³-hybridized carbons (Fsp3) is 0.458. The van der Waals surface area contributed by atoms with Gasteiger partial charge in [0.2, 0.25) is 5.91 Å². The average molecular weight is 409 g/mol. The third kappa shape index (κ3) is 5.89. The van der Waals surface area contributed by atoms with Crippen LogP contribution in [0.4, 0.5) is 0 Å². The molecule has 2 N–H and O–H groups in total. The Morgan fingerprint density at radius 2 is 1.80 bits per heavy atom. The van der Waals surface area contributed by atoms with E-state index < -0.39 is 6.04 Å². The second kappa shape index (κ2) is 10.3. The number of carbonyl (C=O) groups excluding carboxylic acids is 2. The minimum absolute atomic E-state index is 0.00205. The van der Waals surface area contributed by atoms with E-state index in [1.807, 2.05) is 63.4 Å². The predicted molar refractivity (Wildman–Crippen MR) is 118 cm³/mol. The molecule has 1 aromatic heterocycles. The van der Waals surface area contributed by atoms with Crippen molar-refractivity contribution in [3.8, 4) is 0 Å². The number of likely N-dealkylation sites (tertiary alicyclic amines) is 1. The molecule has 0 radical (unpaired) electrons. The summed E-state index contributed by atoms with van der Waals surface area (Å²) in [5, 5.41) is 6.09. The molecule has 0 saturated carbocycles. The molecule has 1 aliphatic heterocycles. The van der Waals surface area contributed by atoms with Gasteiger partial charge in [0.1, 0.15) is 6.04 Å². The Kier molecular flexibility index (Phi) is 7.57. The number of hydrogen-bond donors (Lipinski definition) is 2. The zero-order valence-electron chi connectivity index (χ0n) is 18.1. The maximum atomic E-state index is 12.9. The summed E-state index contributed by atoms with van der Waals surface area (Å²) in [5.74, 6) is -0.301. The van der Waals surface area contributed by atoms with Crippen LogP contribution in [-0.2, 0) is 11.3 Å². The van der Waals surface area contributed by atoms with E-state index in [4.69, 9.17) is 0 Å². The van der Waals surface area contributed by atoms with Crippen molar-refractivity contribution >= 4 is 11.8 Å². The lowest BCUT2D eigenvalue weighted by Crippen LogP contribution is -2.54. The van der Waals surface area contributed by atoms with Crippen LogP contribution in [0.2, 0.25) is 0 Å². The van der Waals surface area contributed by atoms with Gasteiger partial charge in [-0.2, -0.15) is 0 Å². The topological polar surface area (TPSA) is 74.3 Å². The molecule has 1 unspecified atom stereocenters. The summed E-state index contributed by atoms with van der Waals surface area (Å²) >= 11 is 0. The molecule has 1 aliphatic rings. The third-order valence-electron chi connectivity index (χ3n) is 5.67. The van der Waals surface area contributed by atoms with Crippen molar-refractivity contribution in [3.05, 3.63) is 65.5 Å². The van der Waals surface area contributed by atoms with E-state index in [9.17, 15) is 9.59 Å². The Labute approximate surface area is 179 Å². The smallest absolute Gasteiger partial charge is 0.252 e. The molecule has 6 nitrogen and oxygen atoms in total. The Morgan fingerprint density at radius 3 is 2.43 bits per heavy atom. The molecule has 1 atom stereocenters. The van der Waals surface area contributed by atoms with Gasteiger partial charge in [0.15, 0.2) is 0 Å². The van der Waals surface area contributed by atoms with Gasteiger partial charge in [-0.05, 0) is 49.4 Å². The SMILES string of the molecule is Cc1ccccc1C(=O)NC(C(=O)NC1CCN(Cc2ccccn2)CC1)C(C)C. The number of amides is 2.